The molecule has 1 aromatic heterocycles. The first kappa shape index (κ1) is 15.6. The molecule has 0 spiro atoms. The fourth-order valence-electron chi connectivity index (χ4n) is 1.93. The minimum absolute atomic E-state index is 0.195. The van der Waals surface area contributed by atoms with Crippen LogP contribution >= 0.6 is 0 Å². The highest BCUT2D eigenvalue weighted by Crippen LogP contribution is 2.24. The zero-order chi connectivity index (χ0) is 16.2. The molecule has 0 saturated heterocycles. The Labute approximate surface area is 129 Å². The average molecular weight is 298 g/mol. The van der Waals surface area contributed by atoms with Crippen molar-refractivity contribution in [3.63, 3.8) is 0 Å². The van der Waals surface area contributed by atoms with Crippen LogP contribution in [0.25, 0.3) is 0 Å². The number of nitriles is 1. The van der Waals surface area contributed by atoms with Crippen molar-refractivity contribution in [2.75, 3.05) is 4.90 Å². The summed E-state index contributed by atoms with van der Waals surface area (Å²) in [5.74, 6) is 0.610. The summed E-state index contributed by atoms with van der Waals surface area (Å²) in [4.78, 5) is 13.9. The molecule has 0 aliphatic rings. The van der Waals surface area contributed by atoms with E-state index in [2.05, 4.69) is 6.07 Å². The van der Waals surface area contributed by atoms with E-state index in [1.807, 2.05) is 0 Å². The average Bonchev–Trinajstić information content (AvgIpc) is 2.96. The van der Waals surface area contributed by atoms with Gasteiger partial charge in [-0.25, -0.2) is 4.79 Å². The predicted octanol–water partition coefficient (Wildman–Crippen LogP) is 4.09. The largest absolute Gasteiger partial charge is 0.467 e. The number of amides is 1. The number of rotatable bonds is 3. The Bertz CT molecular complexity index is 679. The Hall–Kier alpha value is -2.74. The van der Waals surface area contributed by atoms with Gasteiger partial charge in [0.25, 0.3) is 0 Å². The van der Waals surface area contributed by atoms with Crippen molar-refractivity contribution in [1.29, 1.82) is 5.26 Å². The lowest BCUT2D eigenvalue weighted by atomic mass is 10.1. The van der Waals surface area contributed by atoms with Gasteiger partial charge >= 0.3 is 6.09 Å². The number of carbonyl (C=O) groups is 1. The fourth-order valence-corrected chi connectivity index (χ4v) is 1.93. The highest BCUT2D eigenvalue weighted by atomic mass is 16.6. The van der Waals surface area contributed by atoms with E-state index in [-0.39, 0.29) is 6.54 Å². The number of hydrogen-bond donors (Lipinski definition) is 0. The molecule has 5 nitrogen and oxygen atoms in total. The van der Waals surface area contributed by atoms with Crippen molar-refractivity contribution in [2.24, 2.45) is 0 Å². The third kappa shape index (κ3) is 3.89. The van der Waals surface area contributed by atoms with Gasteiger partial charge < -0.3 is 9.15 Å². The first-order valence-corrected chi connectivity index (χ1v) is 6.93. The van der Waals surface area contributed by atoms with Crippen LogP contribution in [0.15, 0.2) is 47.1 Å². The third-order valence-electron chi connectivity index (χ3n) is 2.82. The molecule has 0 radical (unpaired) electrons. The highest BCUT2D eigenvalue weighted by molar-refractivity contribution is 5.89. The van der Waals surface area contributed by atoms with Crippen molar-refractivity contribution < 1.29 is 13.9 Å². The molecule has 114 valence electrons. The summed E-state index contributed by atoms with van der Waals surface area (Å²) in [5, 5.41) is 9.26. The molecule has 1 amide bonds. The molecule has 0 N–H and O–H groups in total. The Balaban J connectivity index is 2.37. The van der Waals surface area contributed by atoms with Gasteiger partial charge in [-0.05, 0) is 45.0 Å². The smallest absolute Gasteiger partial charge is 0.415 e. The molecule has 0 saturated carbocycles. The van der Waals surface area contributed by atoms with E-state index in [4.69, 9.17) is 9.15 Å². The van der Waals surface area contributed by atoms with E-state index in [1.54, 1.807) is 63.4 Å². The van der Waals surface area contributed by atoms with Crippen molar-refractivity contribution in [2.45, 2.75) is 32.9 Å². The number of benzene rings is 1. The molecule has 1 aromatic carbocycles. The topological polar surface area (TPSA) is 66.5 Å². The molecular formula is C17H18N2O3. The SMILES string of the molecule is CC(C)(C)OC(=O)N(Cc1ccco1)c1ccccc1C#N. The predicted molar refractivity (Wildman–Crippen MR) is 82.3 cm³/mol. The molecule has 5 heteroatoms. The zero-order valence-corrected chi connectivity index (χ0v) is 12.9. The molecule has 0 unspecified atom stereocenters. The lowest BCUT2D eigenvalue weighted by Gasteiger charge is -2.27. The quantitative estimate of drug-likeness (QED) is 0.855. The van der Waals surface area contributed by atoms with E-state index in [0.29, 0.717) is 17.0 Å². The molecule has 1 heterocycles. The van der Waals surface area contributed by atoms with Gasteiger partial charge in [-0.1, -0.05) is 12.1 Å². The summed E-state index contributed by atoms with van der Waals surface area (Å²) in [6, 6.07) is 12.5. The Morgan fingerprint density at radius 1 is 1.27 bits per heavy atom. The molecule has 0 atom stereocenters. The number of carbonyl (C=O) groups excluding carboxylic acids is 1. The Kier molecular flexibility index (Phi) is 4.52. The minimum atomic E-state index is -0.625. The van der Waals surface area contributed by atoms with Crippen LogP contribution in [0.3, 0.4) is 0 Å². The van der Waals surface area contributed by atoms with Crippen molar-refractivity contribution in [3.05, 3.63) is 54.0 Å². The monoisotopic (exact) mass is 298 g/mol. The van der Waals surface area contributed by atoms with Gasteiger partial charge in [0.15, 0.2) is 0 Å². The zero-order valence-electron chi connectivity index (χ0n) is 12.9. The van der Waals surface area contributed by atoms with E-state index in [0.717, 1.165) is 0 Å². The first-order valence-electron chi connectivity index (χ1n) is 6.93. The number of nitrogens with zero attached hydrogens (tertiary/aromatic N) is 2. The second-order valence-electron chi connectivity index (χ2n) is 5.77. The van der Waals surface area contributed by atoms with Crippen LogP contribution in [0.5, 0.6) is 0 Å². The summed E-state index contributed by atoms with van der Waals surface area (Å²) >= 11 is 0. The van der Waals surface area contributed by atoms with Gasteiger partial charge in [-0.2, -0.15) is 5.26 Å². The molecule has 0 aliphatic carbocycles. The Morgan fingerprint density at radius 3 is 2.59 bits per heavy atom. The third-order valence-corrected chi connectivity index (χ3v) is 2.82. The van der Waals surface area contributed by atoms with Crippen LogP contribution in [0.1, 0.15) is 32.1 Å². The first-order chi connectivity index (χ1) is 10.4. The number of anilines is 1. The lowest BCUT2D eigenvalue weighted by Crippen LogP contribution is -2.36. The number of ether oxygens (including phenoxy) is 1. The van der Waals surface area contributed by atoms with E-state index in [9.17, 15) is 10.1 Å². The standard InChI is InChI=1S/C17H18N2O3/c1-17(2,3)22-16(20)19(12-14-8-6-10-21-14)15-9-5-4-7-13(15)11-18/h4-10H,12H2,1-3H3. The molecule has 2 aromatic rings. The van der Waals surface area contributed by atoms with Gasteiger partial charge in [-0.3, -0.25) is 4.90 Å². The van der Waals surface area contributed by atoms with Crippen molar-refractivity contribution >= 4 is 11.8 Å². The van der Waals surface area contributed by atoms with Crippen LogP contribution < -0.4 is 4.90 Å². The van der Waals surface area contributed by atoms with Crippen LogP contribution in [-0.2, 0) is 11.3 Å². The molecular weight excluding hydrogens is 280 g/mol. The van der Waals surface area contributed by atoms with Gasteiger partial charge in [-0.15, -0.1) is 0 Å². The van der Waals surface area contributed by atoms with Crippen LogP contribution in [0.2, 0.25) is 0 Å². The van der Waals surface area contributed by atoms with E-state index < -0.39 is 11.7 Å². The maximum atomic E-state index is 12.5. The number of furan rings is 1. The van der Waals surface area contributed by atoms with Crippen molar-refractivity contribution in [1.82, 2.24) is 0 Å². The normalized spacial score (nSPS) is 10.8. The number of hydrogen-bond acceptors (Lipinski definition) is 4. The van der Waals surface area contributed by atoms with Crippen LogP contribution in [0, 0.1) is 11.3 Å². The van der Waals surface area contributed by atoms with Crippen LogP contribution in [-0.4, -0.2) is 11.7 Å². The lowest BCUT2D eigenvalue weighted by molar-refractivity contribution is 0.0575. The van der Waals surface area contributed by atoms with Gasteiger partial charge in [0, 0.05) is 0 Å². The highest BCUT2D eigenvalue weighted by Gasteiger charge is 2.25. The summed E-state index contributed by atoms with van der Waals surface area (Å²) in [6.45, 7) is 5.59. The summed E-state index contributed by atoms with van der Waals surface area (Å²) < 4.78 is 10.7. The van der Waals surface area contributed by atoms with E-state index >= 15 is 0 Å². The van der Waals surface area contributed by atoms with Gasteiger partial charge in [0.05, 0.1) is 24.1 Å². The second-order valence-corrected chi connectivity index (χ2v) is 5.77. The van der Waals surface area contributed by atoms with E-state index in [1.165, 1.54) is 4.90 Å². The second kappa shape index (κ2) is 6.35. The molecule has 0 fully saturated rings. The number of para-hydroxylation sites is 1. The molecule has 2 rings (SSSR count). The summed E-state index contributed by atoms with van der Waals surface area (Å²) in [7, 11) is 0. The Morgan fingerprint density at radius 2 is 2.00 bits per heavy atom. The maximum absolute atomic E-state index is 12.5. The summed E-state index contributed by atoms with van der Waals surface area (Å²) in [5.41, 5.74) is 0.274. The van der Waals surface area contributed by atoms with Gasteiger partial charge in [0.2, 0.25) is 0 Å². The minimum Gasteiger partial charge on any atom is -0.467 e. The fraction of sp³-hybridized carbons (Fsp3) is 0.294. The molecule has 0 aliphatic heterocycles. The van der Waals surface area contributed by atoms with Crippen LogP contribution in [0.4, 0.5) is 10.5 Å². The van der Waals surface area contributed by atoms with Gasteiger partial charge in [0.1, 0.15) is 17.4 Å². The maximum Gasteiger partial charge on any atom is 0.415 e. The molecule has 0 bridgehead atoms. The molecule has 22 heavy (non-hydrogen) atoms. The summed E-state index contributed by atoms with van der Waals surface area (Å²) in [6.07, 6.45) is 1.02. The van der Waals surface area contributed by atoms with Crippen molar-refractivity contribution in [3.8, 4) is 6.07 Å².